The van der Waals surface area contributed by atoms with Crippen molar-refractivity contribution in [1.82, 2.24) is 15.1 Å². The minimum atomic E-state index is 0.425. The number of likely N-dealkylation sites (N-methyl/N-ethyl adjacent to an activating group) is 2. The normalized spacial score (nSPS) is 21.6. The molecular weight excluding hydrogens is 246 g/mol. The molecule has 1 saturated heterocycles. The summed E-state index contributed by atoms with van der Waals surface area (Å²) in [6, 6.07) is 8.01. The van der Waals surface area contributed by atoms with Crippen molar-refractivity contribution in [2.24, 2.45) is 0 Å². The van der Waals surface area contributed by atoms with Crippen molar-refractivity contribution in [3.05, 3.63) is 34.9 Å². The van der Waals surface area contributed by atoms with Gasteiger partial charge in [0, 0.05) is 25.2 Å². The predicted molar refractivity (Wildman–Crippen MR) is 86.2 cm³/mol. The molecule has 0 aromatic heterocycles. The fourth-order valence-electron chi connectivity index (χ4n) is 3.23. The molecule has 112 valence electrons. The Hall–Kier alpha value is -0.900. The monoisotopic (exact) mass is 275 g/mol. The van der Waals surface area contributed by atoms with Crippen LogP contribution in [0.15, 0.2) is 18.2 Å². The maximum Gasteiger partial charge on any atom is 0.0447 e. The van der Waals surface area contributed by atoms with E-state index in [1.807, 2.05) is 0 Å². The molecule has 0 aliphatic carbocycles. The standard InChI is InChI=1S/C17H29N3/c1-13-8-14(2)10-15(9-13)17(18-3)12-20-7-6-16(11-20)19(4)5/h8-10,16-18H,6-7,11-12H2,1-5H3. The highest BCUT2D eigenvalue weighted by molar-refractivity contribution is 5.30. The van der Waals surface area contributed by atoms with E-state index in [4.69, 9.17) is 0 Å². The van der Waals surface area contributed by atoms with Gasteiger partial charge < -0.3 is 10.2 Å². The smallest absolute Gasteiger partial charge is 0.0447 e. The van der Waals surface area contributed by atoms with Crippen molar-refractivity contribution >= 4 is 0 Å². The molecule has 1 aliphatic heterocycles. The van der Waals surface area contributed by atoms with Gasteiger partial charge in [0.05, 0.1) is 0 Å². The fraction of sp³-hybridized carbons (Fsp3) is 0.647. The zero-order chi connectivity index (χ0) is 14.7. The molecule has 0 amide bonds. The Morgan fingerprint density at radius 3 is 2.40 bits per heavy atom. The first-order valence-corrected chi connectivity index (χ1v) is 7.64. The molecule has 2 unspecified atom stereocenters. The first-order valence-electron chi connectivity index (χ1n) is 7.64. The van der Waals surface area contributed by atoms with Crippen molar-refractivity contribution in [2.75, 3.05) is 40.8 Å². The third-order valence-corrected chi connectivity index (χ3v) is 4.41. The Labute approximate surface area is 124 Å². The van der Waals surface area contributed by atoms with Crippen molar-refractivity contribution in [3.63, 3.8) is 0 Å². The summed E-state index contributed by atoms with van der Waals surface area (Å²) in [6.07, 6.45) is 1.29. The van der Waals surface area contributed by atoms with E-state index in [0.29, 0.717) is 12.1 Å². The first-order chi connectivity index (χ1) is 9.49. The van der Waals surface area contributed by atoms with Crippen LogP contribution in [0.4, 0.5) is 0 Å². The van der Waals surface area contributed by atoms with Crippen LogP contribution in [0.5, 0.6) is 0 Å². The molecule has 1 heterocycles. The van der Waals surface area contributed by atoms with E-state index < -0.39 is 0 Å². The van der Waals surface area contributed by atoms with E-state index >= 15 is 0 Å². The fourth-order valence-corrected chi connectivity index (χ4v) is 3.23. The summed E-state index contributed by atoms with van der Waals surface area (Å²) in [5.74, 6) is 0. The third-order valence-electron chi connectivity index (χ3n) is 4.41. The van der Waals surface area contributed by atoms with Gasteiger partial charge in [0.25, 0.3) is 0 Å². The summed E-state index contributed by atoms with van der Waals surface area (Å²) in [6.45, 7) is 7.87. The zero-order valence-corrected chi connectivity index (χ0v) is 13.6. The van der Waals surface area contributed by atoms with Gasteiger partial charge >= 0.3 is 0 Å². The Balaban J connectivity index is 2.02. The maximum atomic E-state index is 3.49. The molecule has 1 aromatic rings. The Kier molecular flexibility index (Phi) is 5.19. The van der Waals surface area contributed by atoms with Gasteiger partial charge in [-0.15, -0.1) is 0 Å². The number of likely N-dealkylation sites (tertiary alicyclic amines) is 1. The maximum absolute atomic E-state index is 3.49. The van der Waals surface area contributed by atoms with Crippen LogP contribution < -0.4 is 5.32 Å². The van der Waals surface area contributed by atoms with E-state index in [9.17, 15) is 0 Å². The zero-order valence-electron chi connectivity index (χ0n) is 13.6. The lowest BCUT2D eigenvalue weighted by molar-refractivity contribution is 0.253. The lowest BCUT2D eigenvalue weighted by Crippen LogP contribution is -2.35. The molecule has 0 bridgehead atoms. The Morgan fingerprint density at radius 1 is 1.25 bits per heavy atom. The van der Waals surface area contributed by atoms with E-state index in [1.165, 1.54) is 36.2 Å². The van der Waals surface area contributed by atoms with Crippen molar-refractivity contribution in [3.8, 4) is 0 Å². The molecule has 3 heteroatoms. The van der Waals surface area contributed by atoms with Gasteiger partial charge in [0.1, 0.15) is 0 Å². The molecule has 20 heavy (non-hydrogen) atoms. The average Bonchev–Trinajstić information content (AvgIpc) is 2.83. The highest BCUT2D eigenvalue weighted by atomic mass is 15.2. The molecule has 1 aromatic carbocycles. The highest BCUT2D eigenvalue weighted by Gasteiger charge is 2.25. The van der Waals surface area contributed by atoms with Gasteiger partial charge in [-0.2, -0.15) is 0 Å². The second-order valence-electron chi connectivity index (χ2n) is 6.43. The summed E-state index contributed by atoms with van der Waals surface area (Å²) >= 11 is 0. The van der Waals surface area contributed by atoms with Crippen LogP contribution in [0.1, 0.15) is 29.2 Å². The number of benzene rings is 1. The van der Waals surface area contributed by atoms with Crippen LogP contribution in [-0.4, -0.2) is 56.6 Å². The predicted octanol–water partition coefficient (Wildman–Crippen LogP) is 2.20. The van der Waals surface area contributed by atoms with Crippen molar-refractivity contribution in [2.45, 2.75) is 32.4 Å². The molecule has 1 fully saturated rings. The molecule has 2 atom stereocenters. The van der Waals surface area contributed by atoms with Crippen LogP contribution in [0, 0.1) is 13.8 Å². The third kappa shape index (κ3) is 3.81. The largest absolute Gasteiger partial charge is 0.312 e. The second-order valence-corrected chi connectivity index (χ2v) is 6.43. The number of hydrogen-bond donors (Lipinski definition) is 1. The van der Waals surface area contributed by atoms with E-state index in [2.05, 4.69) is 68.3 Å². The molecular formula is C17H29N3. The van der Waals surface area contributed by atoms with Crippen molar-refractivity contribution < 1.29 is 0 Å². The Bertz CT molecular complexity index is 422. The number of hydrogen-bond acceptors (Lipinski definition) is 3. The summed E-state index contributed by atoms with van der Waals surface area (Å²) in [5, 5.41) is 3.49. The van der Waals surface area contributed by atoms with Gasteiger partial charge in [-0.05, 0) is 53.5 Å². The summed E-state index contributed by atoms with van der Waals surface area (Å²) < 4.78 is 0. The molecule has 0 spiro atoms. The summed E-state index contributed by atoms with van der Waals surface area (Å²) in [7, 11) is 6.45. The minimum Gasteiger partial charge on any atom is -0.312 e. The van der Waals surface area contributed by atoms with Gasteiger partial charge in [-0.25, -0.2) is 0 Å². The number of aryl methyl sites for hydroxylation is 2. The van der Waals surface area contributed by atoms with E-state index in [1.54, 1.807) is 0 Å². The summed E-state index contributed by atoms with van der Waals surface area (Å²) in [4.78, 5) is 4.94. The topological polar surface area (TPSA) is 18.5 Å². The van der Waals surface area contributed by atoms with Crippen molar-refractivity contribution in [1.29, 1.82) is 0 Å². The molecule has 3 nitrogen and oxygen atoms in total. The van der Waals surface area contributed by atoms with Gasteiger partial charge in [-0.1, -0.05) is 29.3 Å². The number of nitrogens with one attached hydrogen (secondary N) is 1. The minimum absolute atomic E-state index is 0.425. The van der Waals surface area contributed by atoms with E-state index in [-0.39, 0.29) is 0 Å². The lowest BCUT2D eigenvalue weighted by atomic mass is 10.0. The van der Waals surface area contributed by atoms with E-state index in [0.717, 1.165) is 6.54 Å². The Morgan fingerprint density at radius 2 is 1.90 bits per heavy atom. The lowest BCUT2D eigenvalue weighted by Gasteiger charge is -2.25. The second kappa shape index (κ2) is 6.70. The van der Waals surface area contributed by atoms with Gasteiger partial charge in [-0.3, -0.25) is 4.90 Å². The molecule has 1 aliphatic rings. The average molecular weight is 275 g/mol. The molecule has 1 N–H and O–H groups in total. The van der Waals surface area contributed by atoms with Crippen LogP contribution in [-0.2, 0) is 0 Å². The van der Waals surface area contributed by atoms with Gasteiger partial charge in [0.15, 0.2) is 0 Å². The van der Waals surface area contributed by atoms with Crippen LogP contribution in [0.2, 0.25) is 0 Å². The van der Waals surface area contributed by atoms with Crippen LogP contribution in [0.25, 0.3) is 0 Å². The summed E-state index contributed by atoms with van der Waals surface area (Å²) in [5.41, 5.74) is 4.12. The first kappa shape index (κ1) is 15.5. The molecule has 0 saturated carbocycles. The number of nitrogens with zero attached hydrogens (tertiary/aromatic N) is 2. The number of rotatable bonds is 5. The molecule has 0 radical (unpaired) electrons. The SMILES string of the molecule is CNC(CN1CCC(N(C)C)C1)c1cc(C)cc(C)c1. The molecule has 2 rings (SSSR count). The van der Waals surface area contributed by atoms with Crippen LogP contribution >= 0.6 is 0 Å². The quantitative estimate of drug-likeness (QED) is 0.889. The highest BCUT2D eigenvalue weighted by Crippen LogP contribution is 2.21. The van der Waals surface area contributed by atoms with Gasteiger partial charge in [0.2, 0.25) is 0 Å². The van der Waals surface area contributed by atoms with Crippen LogP contribution in [0.3, 0.4) is 0 Å².